The lowest BCUT2D eigenvalue weighted by Crippen LogP contribution is -2.20. The van der Waals surface area contributed by atoms with E-state index in [1.807, 2.05) is 6.92 Å². The van der Waals surface area contributed by atoms with E-state index in [4.69, 9.17) is 0 Å². The van der Waals surface area contributed by atoms with Crippen LogP contribution in [-0.2, 0) is 0 Å². The Morgan fingerprint density at radius 2 is 2.00 bits per heavy atom. The first-order valence-corrected chi connectivity index (χ1v) is 6.59. The van der Waals surface area contributed by atoms with Gasteiger partial charge in [0.05, 0.1) is 0 Å². The average Bonchev–Trinajstić information content (AvgIpc) is 2.64. The summed E-state index contributed by atoms with van der Waals surface area (Å²) in [6.07, 6.45) is 5.51. The van der Waals surface area contributed by atoms with Gasteiger partial charge in [0.2, 0.25) is 5.13 Å². The molecule has 2 rings (SSSR count). The standard InChI is InChI=1S/C11H19N3S/c1-8-3-5-10(6-4-8)7-12-11-14-13-9(2)15-11/h8,10H,3-7H2,1-2H3,(H,12,14). The Bertz CT molecular complexity index is 303. The van der Waals surface area contributed by atoms with Crippen molar-refractivity contribution in [3.05, 3.63) is 5.01 Å². The first-order valence-electron chi connectivity index (χ1n) is 5.78. The zero-order valence-corrected chi connectivity index (χ0v) is 10.3. The van der Waals surface area contributed by atoms with E-state index in [-0.39, 0.29) is 0 Å². The Morgan fingerprint density at radius 1 is 1.27 bits per heavy atom. The van der Waals surface area contributed by atoms with Gasteiger partial charge in [-0.05, 0) is 31.6 Å². The molecule has 1 aromatic rings. The molecule has 0 atom stereocenters. The molecule has 0 bridgehead atoms. The van der Waals surface area contributed by atoms with Crippen LogP contribution in [0.5, 0.6) is 0 Å². The number of hydrogen-bond acceptors (Lipinski definition) is 4. The Labute approximate surface area is 95.3 Å². The van der Waals surface area contributed by atoms with E-state index in [1.54, 1.807) is 11.3 Å². The molecule has 0 aromatic carbocycles. The van der Waals surface area contributed by atoms with Crippen LogP contribution in [0.4, 0.5) is 5.13 Å². The minimum atomic E-state index is 0.838. The first-order chi connectivity index (χ1) is 7.24. The molecule has 0 aliphatic heterocycles. The predicted molar refractivity (Wildman–Crippen MR) is 64.3 cm³/mol. The normalized spacial score (nSPS) is 26.5. The summed E-state index contributed by atoms with van der Waals surface area (Å²) in [5.74, 6) is 1.77. The van der Waals surface area contributed by atoms with Gasteiger partial charge >= 0.3 is 0 Å². The second-order valence-electron chi connectivity index (χ2n) is 4.63. The molecule has 1 aromatic heterocycles. The van der Waals surface area contributed by atoms with Crippen LogP contribution in [0.1, 0.15) is 37.6 Å². The first kappa shape index (κ1) is 10.9. The van der Waals surface area contributed by atoms with Crippen LogP contribution < -0.4 is 5.32 Å². The Morgan fingerprint density at radius 3 is 2.60 bits per heavy atom. The summed E-state index contributed by atoms with van der Waals surface area (Å²) in [5.41, 5.74) is 0. The van der Waals surface area contributed by atoms with Crippen molar-refractivity contribution in [1.82, 2.24) is 10.2 Å². The van der Waals surface area contributed by atoms with E-state index >= 15 is 0 Å². The number of nitrogens with zero attached hydrogens (tertiary/aromatic N) is 2. The topological polar surface area (TPSA) is 37.8 Å². The van der Waals surface area contributed by atoms with Gasteiger partial charge in [0, 0.05) is 6.54 Å². The van der Waals surface area contributed by atoms with Crippen LogP contribution in [-0.4, -0.2) is 16.7 Å². The molecule has 4 heteroatoms. The quantitative estimate of drug-likeness (QED) is 0.859. The van der Waals surface area contributed by atoms with Gasteiger partial charge in [0.25, 0.3) is 0 Å². The molecule has 0 saturated heterocycles. The summed E-state index contributed by atoms with van der Waals surface area (Å²) < 4.78 is 0. The molecule has 0 radical (unpaired) electrons. The molecule has 1 aliphatic rings. The predicted octanol–water partition coefficient (Wildman–Crippen LogP) is 3.08. The summed E-state index contributed by atoms with van der Waals surface area (Å²) in [5, 5.41) is 13.5. The van der Waals surface area contributed by atoms with Gasteiger partial charge in [-0.2, -0.15) is 0 Å². The third-order valence-corrected chi connectivity index (χ3v) is 4.00. The fraction of sp³-hybridized carbons (Fsp3) is 0.818. The van der Waals surface area contributed by atoms with Gasteiger partial charge in [-0.15, -0.1) is 10.2 Å². The maximum Gasteiger partial charge on any atom is 0.205 e. The number of aryl methyl sites for hydroxylation is 1. The summed E-state index contributed by atoms with van der Waals surface area (Å²) in [4.78, 5) is 0. The third-order valence-electron chi connectivity index (χ3n) is 3.20. The highest BCUT2D eigenvalue weighted by molar-refractivity contribution is 7.15. The monoisotopic (exact) mass is 225 g/mol. The zero-order valence-electron chi connectivity index (χ0n) is 9.49. The van der Waals surface area contributed by atoms with Crippen LogP contribution in [0, 0.1) is 18.8 Å². The number of anilines is 1. The number of nitrogens with one attached hydrogen (secondary N) is 1. The maximum atomic E-state index is 4.07. The van der Waals surface area contributed by atoms with Crippen LogP contribution in [0.15, 0.2) is 0 Å². The minimum Gasteiger partial charge on any atom is -0.360 e. The molecular weight excluding hydrogens is 206 g/mol. The third kappa shape index (κ3) is 3.16. The van der Waals surface area contributed by atoms with Gasteiger partial charge < -0.3 is 5.32 Å². The minimum absolute atomic E-state index is 0.838. The van der Waals surface area contributed by atoms with Crippen LogP contribution in [0.2, 0.25) is 0 Å². The molecule has 1 aliphatic carbocycles. The second kappa shape index (κ2) is 4.92. The second-order valence-corrected chi connectivity index (χ2v) is 5.81. The molecule has 0 unspecified atom stereocenters. The number of aromatic nitrogens is 2. The average molecular weight is 225 g/mol. The Hall–Kier alpha value is -0.640. The molecule has 84 valence electrons. The van der Waals surface area contributed by atoms with Crippen molar-refractivity contribution < 1.29 is 0 Å². The molecule has 15 heavy (non-hydrogen) atoms. The molecule has 0 amide bonds. The maximum absolute atomic E-state index is 4.07. The van der Waals surface area contributed by atoms with Crippen LogP contribution >= 0.6 is 11.3 Å². The van der Waals surface area contributed by atoms with E-state index in [1.165, 1.54) is 25.7 Å². The molecule has 3 nitrogen and oxygen atoms in total. The lowest BCUT2D eigenvalue weighted by Gasteiger charge is -2.25. The largest absolute Gasteiger partial charge is 0.360 e. The number of rotatable bonds is 3. The number of hydrogen-bond donors (Lipinski definition) is 1. The fourth-order valence-corrected chi connectivity index (χ4v) is 2.73. The highest BCUT2D eigenvalue weighted by atomic mass is 32.1. The van der Waals surface area contributed by atoms with Crippen molar-refractivity contribution >= 4 is 16.5 Å². The SMILES string of the molecule is Cc1nnc(NCC2CCC(C)CC2)s1. The van der Waals surface area contributed by atoms with E-state index in [2.05, 4.69) is 22.4 Å². The molecule has 1 N–H and O–H groups in total. The van der Waals surface area contributed by atoms with Crippen molar-refractivity contribution in [2.24, 2.45) is 11.8 Å². The van der Waals surface area contributed by atoms with Crippen molar-refractivity contribution in [1.29, 1.82) is 0 Å². The smallest absolute Gasteiger partial charge is 0.205 e. The lowest BCUT2D eigenvalue weighted by molar-refractivity contribution is 0.300. The summed E-state index contributed by atoms with van der Waals surface area (Å²) in [6, 6.07) is 0. The molecular formula is C11H19N3S. The van der Waals surface area contributed by atoms with Crippen molar-refractivity contribution in [3.8, 4) is 0 Å². The van der Waals surface area contributed by atoms with Crippen LogP contribution in [0.25, 0.3) is 0 Å². The van der Waals surface area contributed by atoms with Gasteiger partial charge in [0.15, 0.2) is 0 Å². The Balaban J connectivity index is 1.74. The summed E-state index contributed by atoms with van der Waals surface area (Å²) >= 11 is 1.64. The molecule has 1 saturated carbocycles. The molecule has 1 heterocycles. The van der Waals surface area contributed by atoms with E-state index in [0.717, 1.165) is 28.5 Å². The fourth-order valence-electron chi connectivity index (χ4n) is 2.13. The van der Waals surface area contributed by atoms with Crippen molar-refractivity contribution in [2.75, 3.05) is 11.9 Å². The van der Waals surface area contributed by atoms with E-state index in [0.29, 0.717) is 0 Å². The van der Waals surface area contributed by atoms with Crippen LogP contribution in [0.3, 0.4) is 0 Å². The Kier molecular flexibility index (Phi) is 3.57. The summed E-state index contributed by atoms with van der Waals surface area (Å²) in [6.45, 7) is 5.42. The van der Waals surface area contributed by atoms with Gasteiger partial charge in [0.1, 0.15) is 5.01 Å². The van der Waals surface area contributed by atoms with E-state index < -0.39 is 0 Å². The summed E-state index contributed by atoms with van der Waals surface area (Å²) in [7, 11) is 0. The lowest BCUT2D eigenvalue weighted by atomic mass is 9.83. The highest BCUT2D eigenvalue weighted by Gasteiger charge is 2.18. The molecule has 1 fully saturated rings. The zero-order chi connectivity index (χ0) is 10.7. The van der Waals surface area contributed by atoms with Gasteiger partial charge in [-0.25, -0.2) is 0 Å². The van der Waals surface area contributed by atoms with Gasteiger partial charge in [-0.1, -0.05) is 31.1 Å². The van der Waals surface area contributed by atoms with Crippen molar-refractivity contribution in [2.45, 2.75) is 39.5 Å². The van der Waals surface area contributed by atoms with E-state index in [9.17, 15) is 0 Å². The van der Waals surface area contributed by atoms with Crippen molar-refractivity contribution in [3.63, 3.8) is 0 Å². The highest BCUT2D eigenvalue weighted by Crippen LogP contribution is 2.28. The van der Waals surface area contributed by atoms with Gasteiger partial charge in [-0.3, -0.25) is 0 Å². The molecule has 0 spiro atoms.